The Labute approximate surface area is 162 Å². The first-order valence-electron chi connectivity index (χ1n) is 9.25. The highest BCUT2D eigenvalue weighted by molar-refractivity contribution is 5.96. The number of imidazole rings is 1. The second kappa shape index (κ2) is 8.08. The van der Waals surface area contributed by atoms with E-state index in [0.29, 0.717) is 37.3 Å². The van der Waals surface area contributed by atoms with Crippen molar-refractivity contribution in [1.82, 2.24) is 24.8 Å². The van der Waals surface area contributed by atoms with Gasteiger partial charge in [0.15, 0.2) is 5.65 Å². The molecule has 1 N–H and O–H groups in total. The molecule has 1 aliphatic heterocycles. The van der Waals surface area contributed by atoms with Gasteiger partial charge >= 0.3 is 6.09 Å². The van der Waals surface area contributed by atoms with E-state index in [1.54, 1.807) is 23.5 Å². The summed E-state index contributed by atoms with van der Waals surface area (Å²) < 4.78 is 6.85. The monoisotopic (exact) mass is 379 g/mol. The normalized spacial score (nSPS) is 13.7. The van der Waals surface area contributed by atoms with Crippen LogP contribution < -0.4 is 5.32 Å². The Morgan fingerprint density at radius 1 is 1.18 bits per heavy atom. The van der Waals surface area contributed by atoms with Crippen molar-refractivity contribution in [1.29, 1.82) is 0 Å². The van der Waals surface area contributed by atoms with Crippen molar-refractivity contribution in [3.8, 4) is 0 Å². The maximum Gasteiger partial charge on any atom is 0.409 e. The van der Waals surface area contributed by atoms with Crippen LogP contribution in [0.15, 0.2) is 48.9 Å². The summed E-state index contributed by atoms with van der Waals surface area (Å²) in [6.07, 6.45) is 3.86. The molecule has 2 amide bonds. The molecule has 1 saturated heterocycles. The molecule has 28 heavy (non-hydrogen) atoms. The van der Waals surface area contributed by atoms with Gasteiger partial charge in [0, 0.05) is 25.8 Å². The van der Waals surface area contributed by atoms with Gasteiger partial charge in [-0.25, -0.2) is 14.8 Å². The number of amides is 2. The first-order valence-corrected chi connectivity index (χ1v) is 9.25. The molecule has 1 fully saturated rings. The predicted octanol–water partition coefficient (Wildman–Crippen LogP) is 1.86. The van der Waals surface area contributed by atoms with E-state index in [1.165, 1.54) is 5.56 Å². The van der Waals surface area contributed by atoms with Gasteiger partial charge in [0.2, 0.25) is 0 Å². The van der Waals surface area contributed by atoms with E-state index in [-0.39, 0.29) is 12.0 Å². The van der Waals surface area contributed by atoms with Gasteiger partial charge in [-0.1, -0.05) is 30.3 Å². The minimum atomic E-state index is -0.335. The molecule has 0 atom stereocenters. The van der Waals surface area contributed by atoms with Gasteiger partial charge in [0.05, 0.1) is 18.4 Å². The summed E-state index contributed by atoms with van der Waals surface area (Å²) in [6.45, 7) is 2.51. The molecule has 4 rings (SSSR count). The van der Waals surface area contributed by atoms with Crippen LogP contribution in [0.4, 0.5) is 4.79 Å². The highest BCUT2D eigenvalue weighted by Gasteiger charge is 2.21. The molecule has 0 radical (unpaired) electrons. The average Bonchev–Trinajstić information content (AvgIpc) is 3.32. The third-order valence-corrected chi connectivity index (χ3v) is 4.71. The lowest BCUT2D eigenvalue weighted by Crippen LogP contribution is -2.35. The highest BCUT2D eigenvalue weighted by atomic mass is 16.6. The summed E-state index contributed by atoms with van der Waals surface area (Å²) in [5.41, 5.74) is 3.14. The molecule has 2 aromatic heterocycles. The fourth-order valence-electron chi connectivity index (χ4n) is 3.17. The third kappa shape index (κ3) is 3.95. The van der Waals surface area contributed by atoms with E-state index >= 15 is 0 Å². The van der Waals surface area contributed by atoms with Crippen LogP contribution in [0.3, 0.4) is 0 Å². The summed E-state index contributed by atoms with van der Waals surface area (Å²) in [5.74, 6) is -0.235. The van der Waals surface area contributed by atoms with Crippen LogP contribution in [0.25, 0.3) is 11.2 Å². The van der Waals surface area contributed by atoms with Gasteiger partial charge in [0.1, 0.15) is 12.1 Å². The molecule has 8 nitrogen and oxygen atoms in total. The van der Waals surface area contributed by atoms with E-state index in [1.807, 2.05) is 22.8 Å². The zero-order chi connectivity index (χ0) is 19.3. The maximum absolute atomic E-state index is 12.3. The standard InChI is InChI=1S/C20H21N5O3/c26-19(21-7-9-24-10-11-28-20(24)27)16-12-17-18(22-13-16)25(14-23-17)8-6-15-4-2-1-3-5-15/h1-5,12-14H,6-11H2,(H,21,26). The summed E-state index contributed by atoms with van der Waals surface area (Å²) in [7, 11) is 0. The van der Waals surface area contributed by atoms with Crippen molar-refractivity contribution in [2.24, 2.45) is 0 Å². The fraction of sp³-hybridized carbons (Fsp3) is 0.300. The van der Waals surface area contributed by atoms with Crippen LogP contribution in [-0.2, 0) is 17.7 Å². The number of carbonyl (C=O) groups excluding carboxylic acids is 2. The molecule has 0 aliphatic carbocycles. The Hall–Kier alpha value is -3.42. The fourth-order valence-corrected chi connectivity index (χ4v) is 3.17. The smallest absolute Gasteiger partial charge is 0.409 e. The van der Waals surface area contributed by atoms with E-state index in [9.17, 15) is 9.59 Å². The minimum Gasteiger partial charge on any atom is -0.448 e. The average molecular weight is 379 g/mol. The number of fused-ring (bicyclic) bond motifs is 1. The Morgan fingerprint density at radius 3 is 2.82 bits per heavy atom. The summed E-state index contributed by atoms with van der Waals surface area (Å²) >= 11 is 0. The lowest BCUT2D eigenvalue weighted by Gasteiger charge is -2.12. The number of pyridine rings is 1. The number of hydrogen-bond acceptors (Lipinski definition) is 5. The maximum atomic E-state index is 12.3. The Morgan fingerprint density at radius 2 is 2.04 bits per heavy atom. The lowest BCUT2D eigenvalue weighted by atomic mass is 10.1. The molecule has 3 aromatic rings. The number of rotatable bonds is 7. The number of hydrogen-bond donors (Lipinski definition) is 1. The summed E-state index contributed by atoms with van der Waals surface area (Å²) in [4.78, 5) is 34.1. The van der Waals surface area contributed by atoms with Crippen molar-refractivity contribution < 1.29 is 14.3 Å². The molecular weight excluding hydrogens is 358 g/mol. The molecule has 0 unspecified atom stereocenters. The Bertz CT molecular complexity index is 986. The van der Waals surface area contributed by atoms with Crippen molar-refractivity contribution in [3.63, 3.8) is 0 Å². The SMILES string of the molecule is O=C(NCCN1CCOC1=O)c1cnc2c(c1)ncn2CCc1ccccc1. The molecule has 3 heterocycles. The number of nitrogens with one attached hydrogen (secondary N) is 1. The number of ether oxygens (including phenoxy) is 1. The molecule has 144 valence electrons. The molecule has 1 aliphatic rings. The molecule has 0 bridgehead atoms. The van der Waals surface area contributed by atoms with Gasteiger partial charge in [-0.3, -0.25) is 4.79 Å². The Kier molecular flexibility index (Phi) is 5.18. The number of aromatic nitrogens is 3. The molecule has 1 aromatic carbocycles. The zero-order valence-corrected chi connectivity index (χ0v) is 15.4. The summed E-state index contributed by atoms with van der Waals surface area (Å²) in [6, 6.07) is 12.0. The van der Waals surface area contributed by atoms with Crippen LogP contribution >= 0.6 is 0 Å². The lowest BCUT2D eigenvalue weighted by molar-refractivity contribution is 0.0948. The second-order valence-corrected chi connectivity index (χ2v) is 6.60. The molecular formula is C20H21N5O3. The van der Waals surface area contributed by atoms with E-state index in [2.05, 4.69) is 27.4 Å². The van der Waals surface area contributed by atoms with Gasteiger partial charge in [-0.05, 0) is 18.1 Å². The van der Waals surface area contributed by atoms with Crippen molar-refractivity contribution in [2.45, 2.75) is 13.0 Å². The van der Waals surface area contributed by atoms with Crippen LogP contribution in [0.2, 0.25) is 0 Å². The minimum absolute atomic E-state index is 0.235. The zero-order valence-electron chi connectivity index (χ0n) is 15.4. The number of carbonyl (C=O) groups is 2. The quantitative estimate of drug-likeness (QED) is 0.677. The summed E-state index contributed by atoms with van der Waals surface area (Å²) in [5, 5.41) is 2.80. The first-order chi connectivity index (χ1) is 13.7. The van der Waals surface area contributed by atoms with Gasteiger partial charge in [0.25, 0.3) is 5.91 Å². The topological polar surface area (TPSA) is 89.3 Å². The molecule has 0 spiro atoms. The third-order valence-electron chi connectivity index (χ3n) is 4.71. The number of nitrogens with zero attached hydrogens (tertiary/aromatic N) is 4. The van der Waals surface area contributed by atoms with Crippen molar-refractivity contribution >= 4 is 23.2 Å². The molecule has 0 saturated carbocycles. The number of benzene rings is 1. The van der Waals surface area contributed by atoms with Gasteiger partial charge in [-0.2, -0.15) is 0 Å². The van der Waals surface area contributed by atoms with Gasteiger partial charge in [-0.15, -0.1) is 0 Å². The molecule has 8 heteroatoms. The first kappa shape index (κ1) is 18.0. The largest absolute Gasteiger partial charge is 0.448 e. The number of cyclic esters (lactones) is 1. The van der Waals surface area contributed by atoms with Crippen LogP contribution in [-0.4, -0.2) is 57.7 Å². The van der Waals surface area contributed by atoms with Crippen LogP contribution in [0.1, 0.15) is 15.9 Å². The van der Waals surface area contributed by atoms with Gasteiger partial charge < -0.3 is 19.5 Å². The highest BCUT2D eigenvalue weighted by Crippen LogP contribution is 2.13. The van der Waals surface area contributed by atoms with E-state index in [0.717, 1.165) is 18.6 Å². The van der Waals surface area contributed by atoms with E-state index in [4.69, 9.17) is 4.74 Å². The second-order valence-electron chi connectivity index (χ2n) is 6.60. The van der Waals surface area contributed by atoms with E-state index < -0.39 is 0 Å². The predicted molar refractivity (Wildman–Crippen MR) is 103 cm³/mol. The van der Waals surface area contributed by atoms with Crippen LogP contribution in [0, 0.1) is 0 Å². The van der Waals surface area contributed by atoms with Crippen molar-refractivity contribution in [2.75, 3.05) is 26.2 Å². The Balaban J connectivity index is 1.36. The van der Waals surface area contributed by atoms with Crippen LogP contribution in [0.5, 0.6) is 0 Å². The number of aryl methyl sites for hydroxylation is 2. The van der Waals surface area contributed by atoms with Crippen molar-refractivity contribution in [3.05, 3.63) is 60.0 Å².